The van der Waals surface area contributed by atoms with Gasteiger partial charge in [0, 0.05) is 16.7 Å². The van der Waals surface area contributed by atoms with Crippen LogP contribution in [-0.4, -0.2) is 50.2 Å². The highest BCUT2D eigenvalue weighted by Gasteiger charge is 2.18. The molecule has 0 N–H and O–H groups in total. The van der Waals surface area contributed by atoms with Gasteiger partial charge in [0.05, 0.1) is 41.3 Å². The molecule has 0 aliphatic rings. The largest absolute Gasteiger partial charge is 0.325 e. The second kappa shape index (κ2) is 16.3. The SMILES string of the molecule is CCCCCCCC[N+](C)(C)Cc1ccc(-c2ccc(C[N+](C)(C)CCCCCCCC)cc2F)cc1. The molecule has 0 aliphatic heterocycles. The number of hydrogen-bond acceptors (Lipinski definition) is 0. The molecule has 2 aromatic carbocycles. The third-order valence-electron chi connectivity index (χ3n) is 7.75. The number of halogens is 1. The molecule has 0 unspecified atom stereocenters. The van der Waals surface area contributed by atoms with Gasteiger partial charge in [0.15, 0.2) is 0 Å². The lowest BCUT2D eigenvalue weighted by Crippen LogP contribution is -2.39. The Morgan fingerprint density at radius 1 is 0.541 bits per heavy atom. The third-order valence-corrected chi connectivity index (χ3v) is 7.75. The summed E-state index contributed by atoms with van der Waals surface area (Å²) in [6, 6.07) is 14.4. The second-order valence-electron chi connectivity index (χ2n) is 12.7. The van der Waals surface area contributed by atoms with E-state index in [0.717, 1.165) is 39.7 Å². The molecule has 3 heteroatoms. The van der Waals surface area contributed by atoms with Crippen LogP contribution in [0.5, 0.6) is 0 Å². The quantitative estimate of drug-likeness (QED) is 0.130. The fourth-order valence-corrected chi connectivity index (χ4v) is 5.47. The molecule has 0 radical (unpaired) electrons. The summed E-state index contributed by atoms with van der Waals surface area (Å²) in [7, 11) is 9.18. The van der Waals surface area contributed by atoms with E-state index < -0.39 is 0 Å². The van der Waals surface area contributed by atoms with Crippen LogP contribution < -0.4 is 0 Å². The summed E-state index contributed by atoms with van der Waals surface area (Å²) >= 11 is 0. The van der Waals surface area contributed by atoms with E-state index in [1.165, 1.54) is 89.2 Å². The maximum Gasteiger partial charge on any atom is 0.131 e. The van der Waals surface area contributed by atoms with Crippen molar-refractivity contribution < 1.29 is 13.4 Å². The minimum atomic E-state index is -0.107. The average molecular weight is 513 g/mol. The molecule has 2 aromatic rings. The van der Waals surface area contributed by atoms with E-state index in [4.69, 9.17) is 0 Å². The number of nitrogens with zero attached hydrogens (tertiary/aromatic N) is 2. The normalized spacial score (nSPS) is 12.3. The van der Waals surface area contributed by atoms with Gasteiger partial charge in [-0.05, 0) is 37.3 Å². The van der Waals surface area contributed by atoms with Gasteiger partial charge in [0.25, 0.3) is 0 Å². The van der Waals surface area contributed by atoms with Crippen molar-refractivity contribution in [3.05, 3.63) is 59.4 Å². The van der Waals surface area contributed by atoms with Crippen molar-refractivity contribution in [3.8, 4) is 11.1 Å². The van der Waals surface area contributed by atoms with Gasteiger partial charge in [-0.25, -0.2) is 4.39 Å². The van der Waals surface area contributed by atoms with Crippen LogP contribution in [-0.2, 0) is 13.1 Å². The van der Waals surface area contributed by atoms with Gasteiger partial charge in [-0.3, -0.25) is 0 Å². The molecule has 0 aromatic heterocycles. The first-order chi connectivity index (χ1) is 17.7. The van der Waals surface area contributed by atoms with Gasteiger partial charge < -0.3 is 8.97 Å². The molecule has 37 heavy (non-hydrogen) atoms. The zero-order valence-electron chi connectivity index (χ0n) is 25.1. The van der Waals surface area contributed by atoms with E-state index in [2.05, 4.69) is 72.4 Å². The van der Waals surface area contributed by atoms with Crippen LogP contribution in [0.15, 0.2) is 42.5 Å². The smallest absolute Gasteiger partial charge is 0.131 e. The Kier molecular flexibility index (Phi) is 13.9. The van der Waals surface area contributed by atoms with Crippen LogP contribution in [0.25, 0.3) is 11.1 Å². The number of benzene rings is 2. The van der Waals surface area contributed by atoms with E-state index >= 15 is 4.39 Å². The maximum absolute atomic E-state index is 15.1. The molecule has 0 saturated carbocycles. The van der Waals surface area contributed by atoms with Crippen LogP contribution in [0.2, 0.25) is 0 Å². The van der Waals surface area contributed by atoms with Gasteiger partial charge in [-0.1, -0.05) is 102 Å². The molecule has 0 atom stereocenters. The summed E-state index contributed by atoms with van der Waals surface area (Å²) in [6.07, 6.45) is 15.9. The molecule has 0 bridgehead atoms. The van der Waals surface area contributed by atoms with Crippen LogP contribution >= 0.6 is 0 Å². The van der Waals surface area contributed by atoms with Crippen molar-refractivity contribution >= 4 is 0 Å². The third kappa shape index (κ3) is 12.6. The summed E-state index contributed by atoms with van der Waals surface area (Å²) in [5, 5.41) is 0. The Morgan fingerprint density at radius 2 is 0.973 bits per heavy atom. The Balaban J connectivity index is 1.87. The predicted molar refractivity (Wildman–Crippen MR) is 160 cm³/mol. The van der Waals surface area contributed by atoms with E-state index in [9.17, 15) is 0 Å². The molecule has 2 rings (SSSR count). The fourth-order valence-electron chi connectivity index (χ4n) is 5.47. The van der Waals surface area contributed by atoms with Crippen molar-refractivity contribution in [2.45, 2.75) is 104 Å². The standard InChI is InChI=1S/C34H57FN2/c1-7-9-11-13-15-17-25-36(3,4)28-30-19-22-32(23-20-30)33-24-21-31(27-34(33)35)29-37(5,6)26-18-16-14-12-10-8-2/h19-24,27H,7-18,25-26,28-29H2,1-6H3/q+2. The van der Waals surface area contributed by atoms with Crippen molar-refractivity contribution in [1.82, 2.24) is 0 Å². The lowest BCUT2D eigenvalue weighted by atomic mass is 10.0. The van der Waals surface area contributed by atoms with Crippen LogP contribution in [0.4, 0.5) is 4.39 Å². The van der Waals surface area contributed by atoms with Crippen LogP contribution in [0.1, 0.15) is 102 Å². The Bertz CT molecular complexity index is 885. The second-order valence-corrected chi connectivity index (χ2v) is 12.7. The summed E-state index contributed by atoms with van der Waals surface area (Å²) in [5.74, 6) is -0.107. The predicted octanol–water partition coefficient (Wildman–Crippen LogP) is 9.37. The van der Waals surface area contributed by atoms with Crippen molar-refractivity contribution in [1.29, 1.82) is 0 Å². The minimum Gasteiger partial charge on any atom is -0.325 e. The van der Waals surface area contributed by atoms with Gasteiger partial charge in [0.1, 0.15) is 18.9 Å². The van der Waals surface area contributed by atoms with E-state index in [0.29, 0.717) is 5.56 Å². The highest BCUT2D eigenvalue weighted by atomic mass is 19.1. The van der Waals surface area contributed by atoms with Crippen molar-refractivity contribution in [2.75, 3.05) is 41.3 Å². The number of quaternary nitrogens is 2. The van der Waals surface area contributed by atoms with Crippen LogP contribution in [0, 0.1) is 5.82 Å². The van der Waals surface area contributed by atoms with E-state index in [1.807, 2.05) is 6.07 Å². The molecule has 0 amide bonds. The van der Waals surface area contributed by atoms with Gasteiger partial charge in [0.2, 0.25) is 0 Å². The Morgan fingerprint density at radius 3 is 1.46 bits per heavy atom. The lowest BCUT2D eigenvalue weighted by molar-refractivity contribution is -0.903. The first kappa shape index (κ1) is 31.5. The van der Waals surface area contributed by atoms with Gasteiger partial charge in [-0.2, -0.15) is 0 Å². The van der Waals surface area contributed by atoms with Gasteiger partial charge in [-0.15, -0.1) is 0 Å². The molecule has 0 heterocycles. The van der Waals surface area contributed by atoms with Crippen LogP contribution in [0.3, 0.4) is 0 Å². The van der Waals surface area contributed by atoms with E-state index in [1.54, 1.807) is 6.07 Å². The molecule has 2 nitrogen and oxygen atoms in total. The summed E-state index contributed by atoms with van der Waals surface area (Å²) in [6.45, 7) is 8.77. The first-order valence-corrected chi connectivity index (χ1v) is 15.2. The number of rotatable bonds is 19. The molecule has 0 spiro atoms. The maximum atomic E-state index is 15.1. The Labute approximate surface area is 229 Å². The number of hydrogen-bond donors (Lipinski definition) is 0. The topological polar surface area (TPSA) is 0 Å². The van der Waals surface area contributed by atoms with E-state index in [-0.39, 0.29) is 5.82 Å². The zero-order chi connectivity index (χ0) is 27.2. The summed E-state index contributed by atoms with van der Waals surface area (Å²) < 4.78 is 17.1. The monoisotopic (exact) mass is 512 g/mol. The Hall–Kier alpha value is -1.71. The van der Waals surface area contributed by atoms with Crippen molar-refractivity contribution in [2.24, 2.45) is 0 Å². The number of unbranched alkanes of at least 4 members (excludes halogenated alkanes) is 10. The average Bonchev–Trinajstić information content (AvgIpc) is 2.84. The molecule has 208 valence electrons. The first-order valence-electron chi connectivity index (χ1n) is 15.2. The highest BCUT2D eigenvalue weighted by molar-refractivity contribution is 5.64. The molecule has 0 aliphatic carbocycles. The highest BCUT2D eigenvalue weighted by Crippen LogP contribution is 2.26. The van der Waals surface area contributed by atoms with Gasteiger partial charge >= 0.3 is 0 Å². The summed E-state index contributed by atoms with van der Waals surface area (Å²) in [5.41, 5.74) is 4.08. The molecular weight excluding hydrogens is 455 g/mol. The molecular formula is C34H57FN2+2. The fraction of sp³-hybridized carbons (Fsp3) is 0.647. The zero-order valence-corrected chi connectivity index (χ0v) is 25.1. The lowest BCUT2D eigenvalue weighted by Gasteiger charge is -2.30. The van der Waals surface area contributed by atoms with Crippen molar-refractivity contribution in [3.63, 3.8) is 0 Å². The minimum absolute atomic E-state index is 0.107. The molecule has 0 fully saturated rings. The molecule has 0 saturated heterocycles. The summed E-state index contributed by atoms with van der Waals surface area (Å²) in [4.78, 5) is 0.